The standard InChI is InChI=1S/C12H12N6/c1-14-10-7-18-12(8(10)6-13)16-11(17-18)9-4-2-3-5-15-9/h7,9,15H,2-5H2,(H,16,17). The van der Waals surface area contributed by atoms with E-state index in [0.717, 1.165) is 18.8 Å². The molecular weight excluding hydrogens is 228 g/mol. The van der Waals surface area contributed by atoms with Crippen LogP contribution in [0.15, 0.2) is 6.20 Å². The molecule has 3 rings (SSSR count). The van der Waals surface area contributed by atoms with E-state index in [-0.39, 0.29) is 6.04 Å². The summed E-state index contributed by atoms with van der Waals surface area (Å²) < 4.78 is 1.66. The van der Waals surface area contributed by atoms with Gasteiger partial charge in [-0.1, -0.05) is 6.42 Å². The minimum absolute atomic E-state index is 0.224. The monoisotopic (exact) mass is 240 g/mol. The number of hydrogen-bond acceptors (Lipinski definition) is 3. The van der Waals surface area contributed by atoms with Crippen molar-refractivity contribution in [1.82, 2.24) is 19.9 Å². The van der Waals surface area contributed by atoms with Gasteiger partial charge in [0.25, 0.3) is 0 Å². The van der Waals surface area contributed by atoms with Crippen LogP contribution < -0.4 is 5.32 Å². The van der Waals surface area contributed by atoms with Crippen molar-refractivity contribution in [2.45, 2.75) is 25.3 Å². The highest BCUT2D eigenvalue weighted by Crippen LogP contribution is 2.27. The first-order chi connectivity index (χ1) is 8.83. The third-order valence-electron chi connectivity index (χ3n) is 3.29. The summed E-state index contributed by atoms with van der Waals surface area (Å²) in [5.41, 5.74) is 1.24. The first-order valence-electron chi connectivity index (χ1n) is 5.95. The topological polar surface area (TPSA) is 73.3 Å². The molecule has 1 atom stereocenters. The van der Waals surface area contributed by atoms with Crippen LogP contribution in [0, 0.1) is 17.9 Å². The number of rotatable bonds is 1. The molecule has 6 heteroatoms. The highest BCUT2D eigenvalue weighted by molar-refractivity contribution is 5.72. The Balaban J connectivity index is 2.05. The van der Waals surface area contributed by atoms with Gasteiger partial charge in [0.1, 0.15) is 11.4 Å². The largest absolute Gasteiger partial charge is 0.307 e. The van der Waals surface area contributed by atoms with Crippen LogP contribution in [-0.4, -0.2) is 21.1 Å². The molecule has 1 aliphatic rings. The zero-order valence-corrected chi connectivity index (χ0v) is 9.77. The molecule has 0 aliphatic carbocycles. The second-order valence-electron chi connectivity index (χ2n) is 4.42. The number of hydrogen-bond donors (Lipinski definition) is 2. The number of H-pyrrole nitrogens is 1. The molecule has 0 aromatic carbocycles. The number of piperidine rings is 1. The van der Waals surface area contributed by atoms with Crippen LogP contribution in [0.4, 0.5) is 5.69 Å². The Morgan fingerprint density at radius 2 is 2.44 bits per heavy atom. The van der Waals surface area contributed by atoms with E-state index in [1.54, 1.807) is 10.7 Å². The maximum absolute atomic E-state index is 9.08. The summed E-state index contributed by atoms with van der Waals surface area (Å²) in [4.78, 5) is 7.78. The zero-order valence-electron chi connectivity index (χ0n) is 9.77. The number of aromatic nitrogens is 3. The van der Waals surface area contributed by atoms with Crippen LogP contribution in [0.5, 0.6) is 0 Å². The van der Waals surface area contributed by atoms with Crippen molar-refractivity contribution >= 4 is 11.3 Å². The highest BCUT2D eigenvalue weighted by atomic mass is 15.3. The third-order valence-corrected chi connectivity index (χ3v) is 3.29. The minimum Gasteiger partial charge on any atom is -0.307 e. The summed E-state index contributed by atoms with van der Waals surface area (Å²) in [7, 11) is 0. The molecule has 90 valence electrons. The maximum Gasteiger partial charge on any atom is 0.226 e. The van der Waals surface area contributed by atoms with Gasteiger partial charge in [-0.05, 0) is 19.4 Å². The SMILES string of the molecule is [C-]#[N+]c1cn2[nH]c(C3CCCCN3)nc2c1C#N. The molecule has 0 radical (unpaired) electrons. The molecular formula is C12H12N6. The van der Waals surface area contributed by atoms with Crippen molar-refractivity contribution in [3.8, 4) is 6.07 Å². The van der Waals surface area contributed by atoms with Crippen molar-refractivity contribution < 1.29 is 0 Å². The molecule has 0 spiro atoms. The second kappa shape index (κ2) is 4.17. The summed E-state index contributed by atoms with van der Waals surface area (Å²) in [6.45, 7) is 8.01. The molecule has 2 aromatic rings. The smallest absolute Gasteiger partial charge is 0.226 e. The number of nitrogens with zero attached hydrogens (tertiary/aromatic N) is 4. The van der Waals surface area contributed by atoms with Crippen LogP contribution in [-0.2, 0) is 0 Å². The lowest BCUT2D eigenvalue weighted by Crippen LogP contribution is -2.27. The highest BCUT2D eigenvalue weighted by Gasteiger charge is 2.21. The zero-order chi connectivity index (χ0) is 12.5. The van der Waals surface area contributed by atoms with Gasteiger partial charge in [0.05, 0.1) is 18.7 Å². The normalized spacial score (nSPS) is 19.6. The molecule has 3 heterocycles. The van der Waals surface area contributed by atoms with Crippen molar-refractivity contribution in [2.75, 3.05) is 6.54 Å². The maximum atomic E-state index is 9.08. The average molecular weight is 240 g/mol. The van der Waals surface area contributed by atoms with E-state index in [1.165, 1.54) is 12.8 Å². The summed E-state index contributed by atoms with van der Waals surface area (Å²) in [5.74, 6) is 0.845. The van der Waals surface area contributed by atoms with Gasteiger partial charge in [0, 0.05) is 6.20 Å². The number of nitriles is 1. The molecule has 2 N–H and O–H groups in total. The molecule has 1 saturated heterocycles. The van der Waals surface area contributed by atoms with Crippen molar-refractivity contribution in [2.24, 2.45) is 0 Å². The van der Waals surface area contributed by atoms with Gasteiger partial charge in [-0.15, -0.1) is 0 Å². The van der Waals surface area contributed by atoms with Gasteiger partial charge in [-0.25, -0.2) is 9.83 Å². The summed E-state index contributed by atoms with van der Waals surface area (Å²) in [6.07, 6.45) is 5.06. The van der Waals surface area contributed by atoms with E-state index < -0.39 is 0 Å². The van der Waals surface area contributed by atoms with Gasteiger partial charge in [-0.2, -0.15) is 5.26 Å². The van der Waals surface area contributed by atoms with Crippen LogP contribution in [0.3, 0.4) is 0 Å². The van der Waals surface area contributed by atoms with Gasteiger partial charge in [0.15, 0.2) is 5.65 Å². The lowest BCUT2D eigenvalue weighted by Gasteiger charge is -2.20. The van der Waals surface area contributed by atoms with E-state index in [0.29, 0.717) is 16.9 Å². The van der Waals surface area contributed by atoms with Gasteiger partial charge >= 0.3 is 0 Å². The fraction of sp³-hybridized carbons (Fsp3) is 0.417. The first kappa shape index (κ1) is 10.8. The van der Waals surface area contributed by atoms with Crippen LogP contribution >= 0.6 is 0 Å². The van der Waals surface area contributed by atoms with E-state index in [1.807, 2.05) is 6.07 Å². The minimum atomic E-state index is 0.224. The average Bonchev–Trinajstić information content (AvgIpc) is 2.96. The summed E-state index contributed by atoms with van der Waals surface area (Å²) in [6, 6.07) is 2.27. The van der Waals surface area contributed by atoms with E-state index >= 15 is 0 Å². The number of fused-ring (bicyclic) bond motifs is 1. The summed E-state index contributed by atoms with van der Waals surface area (Å²) >= 11 is 0. The quantitative estimate of drug-likeness (QED) is 0.748. The fourth-order valence-corrected chi connectivity index (χ4v) is 2.37. The third kappa shape index (κ3) is 1.55. The lowest BCUT2D eigenvalue weighted by molar-refractivity contribution is 0.397. The van der Waals surface area contributed by atoms with Crippen LogP contribution in [0.2, 0.25) is 0 Å². The molecule has 1 unspecified atom stereocenters. The summed E-state index contributed by atoms with van der Waals surface area (Å²) in [5, 5.41) is 15.6. The molecule has 1 fully saturated rings. The predicted molar refractivity (Wildman–Crippen MR) is 65.1 cm³/mol. The Morgan fingerprint density at radius 3 is 3.11 bits per heavy atom. The molecule has 2 aromatic heterocycles. The molecule has 18 heavy (non-hydrogen) atoms. The molecule has 0 amide bonds. The number of aromatic amines is 1. The molecule has 0 bridgehead atoms. The van der Waals surface area contributed by atoms with Crippen LogP contribution in [0.1, 0.15) is 36.7 Å². The van der Waals surface area contributed by atoms with Crippen molar-refractivity contribution in [3.63, 3.8) is 0 Å². The Labute approximate surface area is 104 Å². The Hall–Kier alpha value is -2.31. The lowest BCUT2D eigenvalue weighted by atomic mass is 10.0. The van der Waals surface area contributed by atoms with E-state index in [9.17, 15) is 0 Å². The Kier molecular flexibility index (Phi) is 2.51. The molecule has 1 aliphatic heterocycles. The Morgan fingerprint density at radius 1 is 1.56 bits per heavy atom. The first-order valence-corrected chi connectivity index (χ1v) is 5.95. The number of nitrogens with one attached hydrogen (secondary N) is 2. The van der Waals surface area contributed by atoms with Gasteiger partial charge in [-0.3, -0.25) is 9.61 Å². The van der Waals surface area contributed by atoms with E-state index in [4.69, 9.17) is 11.8 Å². The van der Waals surface area contributed by atoms with Crippen molar-refractivity contribution in [3.05, 3.63) is 29.0 Å². The Bertz CT molecular complexity index is 659. The van der Waals surface area contributed by atoms with Gasteiger partial charge < -0.3 is 5.32 Å². The second-order valence-corrected chi connectivity index (χ2v) is 4.42. The van der Waals surface area contributed by atoms with Crippen molar-refractivity contribution in [1.29, 1.82) is 5.26 Å². The van der Waals surface area contributed by atoms with E-state index in [2.05, 4.69) is 20.2 Å². The van der Waals surface area contributed by atoms with Crippen LogP contribution in [0.25, 0.3) is 10.5 Å². The fourth-order valence-electron chi connectivity index (χ4n) is 2.37. The van der Waals surface area contributed by atoms with Gasteiger partial charge in [0.2, 0.25) is 5.69 Å². The molecule has 6 nitrogen and oxygen atoms in total. The predicted octanol–water partition coefficient (Wildman–Crippen LogP) is 1.90. The molecule has 0 saturated carbocycles.